The van der Waals surface area contributed by atoms with Crippen molar-refractivity contribution in [3.8, 4) is 16.9 Å². The predicted molar refractivity (Wildman–Crippen MR) is 158 cm³/mol. The number of carbonyl (C=O) groups is 1. The first-order valence-electron chi connectivity index (χ1n) is 13.3. The van der Waals surface area contributed by atoms with E-state index in [4.69, 9.17) is 0 Å². The van der Waals surface area contributed by atoms with E-state index in [9.17, 15) is 18.3 Å². The molecule has 1 heterocycles. The van der Waals surface area contributed by atoms with Crippen LogP contribution in [-0.2, 0) is 31.9 Å². The zero-order chi connectivity index (χ0) is 29.3. The Morgan fingerprint density at radius 1 is 0.825 bits per heavy atom. The van der Waals surface area contributed by atoms with Gasteiger partial charge >= 0.3 is 5.97 Å². The van der Waals surface area contributed by atoms with E-state index < -0.39 is 27.5 Å². The number of hydrogen-bond donors (Lipinski definition) is 1. The highest BCUT2D eigenvalue weighted by atomic mass is 32.2. The van der Waals surface area contributed by atoms with Crippen molar-refractivity contribution in [1.29, 1.82) is 0 Å². The normalized spacial score (nSPS) is 13.2. The maximum absolute atomic E-state index is 13.0. The highest BCUT2D eigenvalue weighted by molar-refractivity contribution is 7.91. The number of sulfone groups is 1. The number of carboxylic acid groups (broad SMARTS) is 1. The third-order valence-electron chi connectivity index (χ3n) is 7.07. The van der Waals surface area contributed by atoms with Crippen molar-refractivity contribution in [2.45, 2.75) is 63.7 Å². The molecule has 0 radical (unpaired) electrons. The number of aliphatic carboxylic acids is 1. The molecule has 0 bridgehead atoms. The molecule has 4 aromatic rings. The summed E-state index contributed by atoms with van der Waals surface area (Å²) in [6.45, 7) is 12.7. The van der Waals surface area contributed by atoms with Gasteiger partial charge in [-0.05, 0) is 58.2 Å². The molecule has 0 aliphatic rings. The predicted octanol–water partition coefficient (Wildman–Crippen LogP) is 6.25. The topological polar surface area (TPSA) is 102 Å². The van der Waals surface area contributed by atoms with Gasteiger partial charge in [0.25, 0.3) is 0 Å². The van der Waals surface area contributed by atoms with Crippen LogP contribution in [0.4, 0.5) is 0 Å². The summed E-state index contributed by atoms with van der Waals surface area (Å²) in [4.78, 5) is 12.2. The molecule has 210 valence electrons. The van der Waals surface area contributed by atoms with E-state index >= 15 is 0 Å². The third-order valence-corrected chi connectivity index (χ3v) is 8.90. The van der Waals surface area contributed by atoms with E-state index in [1.165, 1.54) is 5.56 Å². The highest BCUT2D eigenvalue weighted by Crippen LogP contribution is 2.26. The fourth-order valence-corrected chi connectivity index (χ4v) is 6.01. The van der Waals surface area contributed by atoms with Gasteiger partial charge in [0.05, 0.1) is 28.5 Å². The molecule has 3 aromatic carbocycles. The van der Waals surface area contributed by atoms with E-state index in [1.807, 2.05) is 42.6 Å². The summed E-state index contributed by atoms with van der Waals surface area (Å²) in [5, 5.41) is 18.4. The molecule has 40 heavy (non-hydrogen) atoms. The zero-order valence-corrected chi connectivity index (χ0v) is 24.7. The summed E-state index contributed by atoms with van der Waals surface area (Å²) in [7, 11) is -3.77. The second-order valence-corrected chi connectivity index (χ2v) is 14.4. The number of benzene rings is 3. The van der Waals surface area contributed by atoms with Crippen LogP contribution in [0.3, 0.4) is 0 Å². The second kappa shape index (κ2) is 11.0. The Morgan fingerprint density at radius 2 is 1.35 bits per heavy atom. The van der Waals surface area contributed by atoms with Crippen LogP contribution < -0.4 is 0 Å². The molecule has 1 N–H and O–H groups in total. The molecule has 0 spiro atoms. The first kappa shape index (κ1) is 29.2. The fraction of sp³-hybridized carbons (Fsp3) is 0.344. The SMILES string of the molecule is CC(C)(C)c1ccc(-n2cc(-c3ccc(CC(CS(=O)(=O)c4ccc(C(C)(C)C)cc4)C(=O)O)cc3)nn2)cc1. The summed E-state index contributed by atoms with van der Waals surface area (Å²) >= 11 is 0. The number of carboxylic acids is 1. The van der Waals surface area contributed by atoms with Gasteiger partial charge in [0.1, 0.15) is 5.69 Å². The summed E-state index contributed by atoms with van der Waals surface area (Å²) in [5.41, 5.74) is 5.36. The third kappa shape index (κ3) is 6.86. The molecule has 7 nitrogen and oxygen atoms in total. The van der Waals surface area contributed by atoms with Crippen LogP contribution in [0, 0.1) is 5.92 Å². The van der Waals surface area contributed by atoms with E-state index in [2.05, 4.69) is 64.0 Å². The maximum atomic E-state index is 13.0. The van der Waals surface area contributed by atoms with Crippen molar-refractivity contribution in [3.05, 3.63) is 95.7 Å². The fourth-order valence-electron chi connectivity index (χ4n) is 4.47. The highest BCUT2D eigenvalue weighted by Gasteiger charge is 2.27. The average molecular weight is 560 g/mol. The minimum atomic E-state index is -3.77. The lowest BCUT2D eigenvalue weighted by Gasteiger charge is -2.19. The molecule has 1 atom stereocenters. The van der Waals surface area contributed by atoms with E-state index in [0.29, 0.717) is 5.69 Å². The molecular weight excluding hydrogens is 522 g/mol. The summed E-state index contributed by atoms with van der Waals surface area (Å²) < 4.78 is 27.8. The van der Waals surface area contributed by atoms with Gasteiger partial charge in [-0.15, -0.1) is 5.10 Å². The summed E-state index contributed by atoms with van der Waals surface area (Å²) in [5.74, 6) is -2.68. The molecule has 0 aliphatic carbocycles. The minimum Gasteiger partial charge on any atom is -0.481 e. The minimum absolute atomic E-state index is 0.0648. The summed E-state index contributed by atoms with van der Waals surface area (Å²) in [6.07, 6.45) is 1.94. The molecule has 0 amide bonds. The zero-order valence-electron chi connectivity index (χ0n) is 23.9. The molecule has 0 fully saturated rings. The van der Waals surface area contributed by atoms with Crippen LogP contribution in [0.5, 0.6) is 0 Å². The lowest BCUT2D eigenvalue weighted by Crippen LogP contribution is -2.26. The van der Waals surface area contributed by atoms with Crippen LogP contribution in [-0.4, -0.2) is 40.2 Å². The Labute approximate surface area is 236 Å². The molecule has 8 heteroatoms. The van der Waals surface area contributed by atoms with Gasteiger partial charge in [-0.3, -0.25) is 4.79 Å². The molecule has 0 saturated carbocycles. The number of aromatic nitrogens is 3. The van der Waals surface area contributed by atoms with Gasteiger partial charge in [-0.1, -0.05) is 95.3 Å². The lowest BCUT2D eigenvalue weighted by atomic mass is 9.87. The molecule has 1 unspecified atom stereocenters. The monoisotopic (exact) mass is 559 g/mol. The molecular formula is C32H37N3O4S. The first-order chi connectivity index (χ1) is 18.6. The smallest absolute Gasteiger partial charge is 0.307 e. The average Bonchev–Trinajstić information content (AvgIpc) is 3.38. The Hall–Kier alpha value is -3.78. The van der Waals surface area contributed by atoms with Gasteiger partial charge < -0.3 is 5.11 Å². The van der Waals surface area contributed by atoms with Crippen molar-refractivity contribution < 1.29 is 18.3 Å². The molecule has 0 aliphatic heterocycles. The van der Waals surface area contributed by atoms with Crippen LogP contribution in [0.2, 0.25) is 0 Å². The van der Waals surface area contributed by atoms with Crippen LogP contribution in [0.15, 0.2) is 83.9 Å². The van der Waals surface area contributed by atoms with Crippen LogP contribution >= 0.6 is 0 Å². The molecule has 0 saturated heterocycles. The number of nitrogens with zero attached hydrogens (tertiary/aromatic N) is 3. The number of rotatable bonds is 8. The second-order valence-electron chi connectivity index (χ2n) is 12.3. The molecule has 4 rings (SSSR count). The Morgan fingerprint density at radius 3 is 1.85 bits per heavy atom. The largest absolute Gasteiger partial charge is 0.481 e. The van der Waals surface area contributed by atoms with Crippen LogP contribution in [0.1, 0.15) is 58.2 Å². The van der Waals surface area contributed by atoms with Crippen molar-refractivity contribution in [1.82, 2.24) is 15.0 Å². The summed E-state index contributed by atoms with van der Waals surface area (Å²) in [6, 6.07) is 22.2. The molecule has 1 aromatic heterocycles. The van der Waals surface area contributed by atoms with E-state index in [-0.39, 0.29) is 22.1 Å². The van der Waals surface area contributed by atoms with Gasteiger partial charge in [-0.25, -0.2) is 13.1 Å². The Kier molecular flexibility index (Phi) is 8.04. The first-order valence-corrected chi connectivity index (χ1v) is 15.0. The standard InChI is InChI=1S/C32H37N3O4S/c1-31(2,3)25-11-15-27(16-12-25)35-20-29(33-34-35)23-9-7-22(8-10-23)19-24(30(36)37)21-40(38,39)28-17-13-26(14-18-28)32(4,5)6/h7-18,20,24H,19,21H2,1-6H3,(H,36,37). The Balaban J connectivity index is 1.46. The lowest BCUT2D eigenvalue weighted by molar-refractivity contribution is -0.140. The van der Waals surface area contributed by atoms with Crippen molar-refractivity contribution in [2.75, 3.05) is 5.75 Å². The number of hydrogen-bond acceptors (Lipinski definition) is 5. The Bertz CT molecular complexity index is 1570. The quantitative estimate of drug-likeness (QED) is 0.274. The van der Waals surface area contributed by atoms with Crippen molar-refractivity contribution in [2.24, 2.45) is 5.92 Å². The maximum Gasteiger partial charge on any atom is 0.307 e. The van der Waals surface area contributed by atoms with Crippen LogP contribution in [0.25, 0.3) is 16.9 Å². The van der Waals surface area contributed by atoms with Crippen molar-refractivity contribution in [3.63, 3.8) is 0 Å². The van der Waals surface area contributed by atoms with Gasteiger partial charge in [0.2, 0.25) is 0 Å². The van der Waals surface area contributed by atoms with Gasteiger partial charge in [0.15, 0.2) is 9.84 Å². The van der Waals surface area contributed by atoms with Crippen molar-refractivity contribution >= 4 is 15.8 Å². The van der Waals surface area contributed by atoms with Gasteiger partial charge in [-0.2, -0.15) is 0 Å². The van der Waals surface area contributed by atoms with E-state index in [0.717, 1.165) is 22.4 Å². The van der Waals surface area contributed by atoms with E-state index in [1.54, 1.807) is 28.9 Å². The van der Waals surface area contributed by atoms with Gasteiger partial charge in [0, 0.05) is 5.56 Å².